The van der Waals surface area contributed by atoms with Crippen molar-refractivity contribution in [1.82, 2.24) is 10.1 Å². The topological polar surface area (TPSA) is 59.2 Å². The van der Waals surface area contributed by atoms with Crippen LogP contribution in [-0.2, 0) is 0 Å². The van der Waals surface area contributed by atoms with Crippen molar-refractivity contribution >= 4 is 15.9 Å². The molecule has 1 aliphatic carbocycles. The highest BCUT2D eigenvalue weighted by atomic mass is 79.9. The van der Waals surface area contributed by atoms with Crippen LogP contribution in [0.3, 0.4) is 0 Å². The van der Waals surface area contributed by atoms with Crippen molar-refractivity contribution in [3.8, 4) is 11.4 Å². The van der Waals surface area contributed by atoms with Gasteiger partial charge in [-0.15, -0.1) is 0 Å². The summed E-state index contributed by atoms with van der Waals surface area (Å²) in [5, 5.41) is 13.6. The molecule has 20 heavy (non-hydrogen) atoms. The Balaban J connectivity index is 1.81. The molecule has 1 saturated carbocycles. The van der Waals surface area contributed by atoms with Gasteiger partial charge in [0.05, 0.1) is 6.10 Å². The summed E-state index contributed by atoms with van der Waals surface area (Å²) in [6.45, 7) is 2.04. The van der Waals surface area contributed by atoms with Gasteiger partial charge in [-0.3, -0.25) is 0 Å². The van der Waals surface area contributed by atoms with Gasteiger partial charge < -0.3 is 9.63 Å². The fraction of sp³-hybridized carbons (Fsp3) is 0.467. The van der Waals surface area contributed by atoms with Crippen LogP contribution in [0, 0.1) is 6.92 Å². The van der Waals surface area contributed by atoms with Gasteiger partial charge in [0, 0.05) is 16.0 Å². The van der Waals surface area contributed by atoms with Crippen LogP contribution in [0.5, 0.6) is 0 Å². The van der Waals surface area contributed by atoms with E-state index in [4.69, 9.17) is 4.52 Å². The number of aryl methyl sites for hydroxylation is 1. The Morgan fingerprint density at radius 1 is 1.25 bits per heavy atom. The Morgan fingerprint density at radius 2 is 2.00 bits per heavy atom. The molecule has 0 bridgehead atoms. The Morgan fingerprint density at radius 3 is 2.70 bits per heavy atom. The molecule has 0 atom stereocenters. The molecule has 2 aromatic rings. The highest BCUT2D eigenvalue weighted by Gasteiger charge is 2.25. The van der Waals surface area contributed by atoms with Gasteiger partial charge in [-0.2, -0.15) is 4.98 Å². The molecule has 5 heteroatoms. The summed E-state index contributed by atoms with van der Waals surface area (Å²) in [6, 6.07) is 6.04. The first kappa shape index (κ1) is 13.8. The van der Waals surface area contributed by atoms with E-state index in [2.05, 4.69) is 26.1 Å². The standard InChI is InChI=1S/C15H17BrN2O2/c1-9-2-3-11(8-13(9)16)14-17-15(20-18-14)10-4-6-12(19)7-5-10/h2-3,8,10,12,19H,4-7H2,1H3. The summed E-state index contributed by atoms with van der Waals surface area (Å²) in [7, 11) is 0. The minimum atomic E-state index is -0.165. The zero-order valence-electron chi connectivity index (χ0n) is 11.3. The van der Waals surface area contributed by atoms with Gasteiger partial charge in [0.1, 0.15) is 0 Å². The van der Waals surface area contributed by atoms with Crippen molar-refractivity contribution in [3.63, 3.8) is 0 Å². The number of benzene rings is 1. The highest BCUT2D eigenvalue weighted by Crippen LogP contribution is 2.33. The molecule has 3 rings (SSSR count). The van der Waals surface area contributed by atoms with Crippen LogP contribution in [-0.4, -0.2) is 21.4 Å². The van der Waals surface area contributed by atoms with E-state index >= 15 is 0 Å². The molecule has 1 N–H and O–H groups in total. The third-order valence-corrected chi connectivity index (χ3v) is 4.77. The van der Waals surface area contributed by atoms with Crippen LogP contribution in [0.4, 0.5) is 0 Å². The third kappa shape index (κ3) is 2.79. The highest BCUT2D eigenvalue weighted by molar-refractivity contribution is 9.10. The lowest BCUT2D eigenvalue weighted by Crippen LogP contribution is -2.17. The van der Waals surface area contributed by atoms with Crippen molar-refractivity contribution in [3.05, 3.63) is 34.1 Å². The van der Waals surface area contributed by atoms with E-state index in [-0.39, 0.29) is 12.0 Å². The largest absolute Gasteiger partial charge is 0.393 e. The van der Waals surface area contributed by atoms with E-state index in [0.717, 1.165) is 35.7 Å². The number of aliphatic hydroxyl groups excluding tert-OH is 1. The maximum absolute atomic E-state index is 9.54. The molecule has 0 radical (unpaired) electrons. The van der Waals surface area contributed by atoms with Crippen molar-refractivity contribution < 1.29 is 9.63 Å². The number of aliphatic hydroxyl groups is 1. The van der Waals surface area contributed by atoms with E-state index < -0.39 is 0 Å². The maximum Gasteiger partial charge on any atom is 0.230 e. The molecule has 0 saturated heterocycles. The minimum absolute atomic E-state index is 0.165. The van der Waals surface area contributed by atoms with Crippen LogP contribution in [0.25, 0.3) is 11.4 Å². The second-order valence-electron chi connectivity index (χ2n) is 5.43. The van der Waals surface area contributed by atoms with Crippen LogP contribution < -0.4 is 0 Å². The first-order chi connectivity index (χ1) is 9.63. The van der Waals surface area contributed by atoms with Crippen molar-refractivity contribution in [2.24, 2.45) is 0 Å². The molecule has 1 aromatic carbocycles. The van der Waals surface area contributed by atoms with Crippen molar-refractivity contribution in [1.29, 1.82) is 0 Å². The lowest BCUT2D eigenvalue weighted by atomic mass is 9.87. The fourth-order valence-electron chi connectivity index (χ4n) is 2.57. The van der Waals surface area contributed by atoms with Gasteiger partial charge in [-0.25, -0.2) is 0 Å². The Bertz CT molecular complexity index is 604. The zero-order chi connectivity index (χ0) is 14.1. The second kappa shape index (κ2) is 5.66. The lowest BCUT2D eigenvalue weighted by molar-refractivity contribution is 0.116. The Kier molecular flexibility index (Phi) is 3.89. The normalized spacial score (nSPS) is 22.9. The quantitative estimate of drug-likeness (QED) is 0.905. The van der Waals surface area contributed by atoms with E-state index in [1.807, 2.05) is 25.1 Å². The molecule has 0 aliphatic heterocycles. The van der Waals surface area contributed by atoms with Gasteiger partial charge in [-0.05, 0) is 44.2 Å². The summed E-state index contributed by atoms with van der Waals surface area (Å²) < 4.78 is 6.45. The first-order valence-corrected chi connectivity index (χ1v) is 7.71. The van der Waals surface area contributed by atoms with E-state index in [1.54, 1.807) is 0 Å². The number of hydrogen-bond donors (Lipinski definition) is 1. The average Bonchev–Trinajstić information content (AvgIpc) is 2.92. The molecule has 106 valence electrons. The van der Waals surface area contributed by atoms with Crippen LogP contribution in [0.15, 0.2) is 27.2 Å². The van der Waals surface area contributed by atoms with Crippen LogP contribution >= 0.6 is 15.9 Å². The summed E-state index contributed by atoms with van der Waals surface area (Å²) in [6.07, 6.45) is 3.30. The molecule has 4 nitrogen and oxygen atoms in total. The maximum atomic E-state index is 9.54. The predicted molar refractivity (Wildman–Crippen MR) is 79.4 cm³/mol. The molecular formula is C15H17BrN2O2. The molecule has 1 fully saturated rings. The molecular weight excluding hydrogens is 320 g/mol. The number of rotatable bonds is 2. The fourth-order valence-corrected chi connectivity index (χ4v) is 2.95. The van der Waals surface area contributed by atoms with E-state index in [0.29, 0.717) is 11.7 Å². The Hall–Kier alpha value is -1.20. The third-order valence-electron chi connectivity index (χ3n) is 3.92. The monoisotopic (exact) mass is 336 g/mol. The number of aromatic nitrogens is 2. The van der Waals surface area contributed by atoms with E-state index in [9.17, 15) is 5.11 Å². The zero-order valence-corrected chi connectivity index (χ0v) is 12.9. The van der Waals surface area contributed by atoms with Crippen molar-refractivity contribution in [2.75, 3.05) is 0 Å². The lowest BCUT2D eigenvalue weighted by Gasteiger charge is -2.22. The summed E-state index contributed by atoms with van der Waals surface area (Å²) >= 11 is 3.52. The van der Waals surface area contributed by atoms with Crippen LogP contribution in [0.1, 0.15) is 43.1 Å². The number of hydrogen-bond acceptors (Lipinski definition) is 4. The first-order valence-electron chi connectivity index (χ1n) is 6.91. The van der Waals surface area contributed by atoms with Crippen molar-refractivity contribution in [2.45, 2.75) is 44.6 Å². The van der Waals surface area contributed by atoms with Gasteiger partial charge in [-0.1, -0.05) is 33.2 Å². The van der Waals surface area contributed by atoms with Gasteiger partial charge in [0.25, 0.3) is 0 Å². The summed E-state index contributed by atoms with van der Waals surface area (Å²) in [5.74, 6) is 1.61. The summed E-state index contributed by atoms with van der Waals surface area (Å²) in [5.41, 5.74) is 2.13. The van der Waals surface area contributed by atoms with Gasteiger partial charge in [0.2, 0.25) is 11.7 Å². The predicted octanol–water partition coefficient (Wildman–Crippen LogP) is 3.83. The van der Waals surface area contributed by atoms with Gasteiger partial charge in [0.15, 0.2) is 0 Å². The minimum Gasteiger partial charge on any atom is -0.393 e. The molecule has 1 aliphatic rings. The molecule has 0 spiro atoms. The SMILES string of the molecule is Cc1ccc(-c2noc(C3CCC(O)CC3)n2)cc1Br. The number of nitrogens with zero attached hydrogens (tertiary/aromatic N) is 2. The molecule has 0 unspecified atom stereocenters. The van der Waals surface area contributed by atoms with Crippen LogP contribution in [0.2, 0.25) is 0 Å². The average molecular weight is 337 g/mol. The van der Waals surface area contributed by atoms with E-state index in [1.165, 1.54) is 5.56 Å². The molecule has 1 heterocycles. The summed E-state index contributed by atoms with van der Waals surface area (Å²) in [4.78, 5) is 4.52. The number of halogens is 1. The smallest absolute Gasteiger partial charge is 0.230 e. The van der Waals surface area contributed by atoms with Gasteiger partial charge >= 0.3 is 0 Å². The molecule has 0 amide bonds. The Labute approximate surface area is 126 Å². The molecule has 1 aromatic heterocycles. The second-order valence-corrected chi connectivity index (χ2v) is 6.28.